The Hall–Kier alpha value is -3.01. The summed E-state index contributed by atoms with van der Waals surface area (Å²) in [5, 5.41) is 15.0. The number of allylic oxidation sites excluding steroid dienone is 1. The highest BCUT2D eigenvalue weighted by atomic mass is 35.5. The van der Waals surface area contributed by atoms with E-state index < -0.39 is 16.9 Å². The van der Waals surface area contributed by atoms with Crippen molar-refractivity contribution in [1.82, 2.24) is 5.32 Å². The molecular weight excluding hydrogens is 454 g/mol. The smallest absolute Gasteiger partial charge is 0.338 e. The number of thiocarbonyl (C=S) groups is 1. The van der Waals surface area contributed by atoms with Crippen LogP contribution in [-0.2, 0) is 14.3 Å². The number of nitrogens with one attached hydrogen (secondary N) is 1. The minimum atomic E-state index is -0.828. The van der Waals surface area contributed by atoms with Crippen LogP contribution in [0.15, 0.2) is 53.7 Å². The van der Waals surface area contributed by atoms with Gasteiger partial charge in [-0.05, 0) is 49.8 Å². The molecule has 2 aromatic rings. The summed E-state index contributed by atoms with van der Waals surface area (Å²) in [6.07, 6.45) is 0. The minimum absolute atomic E-state index is 0.0520. The van der Waals surface area contributed by atoms with Gasteiger partial charge in [0.2, 0.25) is 0 Å². The first-order valence-electron chi connectivity index (χ1n) is 9.72. The SMILES string of the molecule is COCCOC(=O)C1=C(C)N(c2cccc(C)c2)C(=S)NC1c1cc([N+](=O)[O-])ccc1Cl. The Balaban J connectivity index is 2.15. The minimum Gasteiger partial charge on any atom is -0.460 e. The van der Waals surface area contributed by atoms with Crippen molar-refractivity contribution in [3.63, 3.8) is 0 Å². The molecule has 3 rings (SSSR count). The number of aryl methyl sites for hydroxylation is 1. The maximum absolute atomic E-state index is 13.1. The lowest BCUT2D eigenvalue weighted by atomic mass is 9.94. The molecule has 0 amide bonds. The molecule has 0 fully saturated rings. The summed E-state index contributed by atoms with van der Waals surface area (Å²) in [4.78, 5) is 25.7. The second-order valence-corrected chi connectivity index (χ2v) is 7.94. The number of nitro benzene ring substituents is 1. The molecule has 1 aliphatic heterocycles. The number of hydrogen-bond acceptors (Lipinski definition) is 6. The fourth-order valence-electron chi connectivity index (χ4n) is 3.48. The van der Waals surface area contributed by atoms with Gasteiger partial charge in [0.15, 0.2) is 5.11 Å². The largest absolute Gasteiger partial charge is 0.460 e. The van der Waals surface area contributed by atoms with Gasteiger partial charge in [-0.25, -0.2) is 4.79 Å². The maximum atomic E-state index is 13.1. The second kappa shape index (κ2) is 10.1. The van der Waals surface area contributed by atoms with Crippen LogP contribution in [0.2, 0.25) is 5.02 Å². The molecule has 0 saturated heterocycles. The molecule has 0 aliphatic carbocycles. The number of nitro groups is 1. The van der Waals surface area contributed by atoms with Gasteiger partial charge in [0.25, 0.3) is 5.69 Å². The Kier molecular flexibility index (Phi) is 7.44. The summed E-state index contributed by atoms with van der Waals surface area (Å²) in [6.45, 7) is 3.99. The van der Waals surface area contributed by atoms with Crippen molar-refractivity contribution in [2.45, 2.75) is 19.9 Å². The first-order chi connectivity index (χ1) is 15.2. The molecule has 2 aromatic carbocycles. The number of methoxy groups -OCH3 is 1. The van der Waals surface area contributed by atoms with E-state index in [0.29, 0.717) is 16.4 Å². The zero-order valence-corrected chi connectivity index (χ0v) is 19.3. The maximum Gasteiger partial charge on any atom is 0.338 e. The van der Waals surface area contributed by atoms with E-state index in [2.05, 4.69) is 5.32 Å². The summed E-state index contributed by atoms with van der Waals surface area (Å²) < 4.78 is 10.4. The van der Waals surface area contributed by atoms with Gasteiger partial charge in [-0.15, -0.1) is 0 Å². The fraction of sp³-hybridized carbons (Fsp3) is 0.273. The van der Waals surface area contributed by atoms with E-state index in [0.717, 1.165) is 11.3 Å². The molecule has 0 saturated carbocycles. The number of anilines is 1. The summed E-state index contributed by atoms with van der Waals surface area (Å²) in [7, 11) is 1.50. The molecule has 0 radical (unpaired) electrons. The highest BCUT2D eigenvalue weighted by Gasteiger charge is 2.37. The first kappa shape index (κ1) is 23.6. The molecule has 10 heteroatoms. The van der Waals surface area contributed by atoms with Crippen molar-refractivity contribution in [3.05, 3.63) is 80.0 Å². The topological polar surface area (TPSA) is 93.9 Å². The van der Waals surface area contributed by atoms with Crippen LogP contribution in [0.25, 0.3) is 0 Å². The zero-order valence-electron chi connectivity index (χ0n) is 17.8. The zero-order chi connectivity index (χ0) is 23.4. The second-order valence-electron chi connectivity index (χ2n) is 7.15. The number of rotatable bonds is 7. The van der Waals surface area contributed by atoms with E-state index in [1.807, 2.05) is 31.2 Å². The highest BCUT2D eigenvalue weighted by Crippen LogP contribution is 2.38. The Morgan fingerprint density at radius 2 is 2.00 bits per heavy atom. The number of carbonyl (C=O) groups excluding carboxylic acids is 1. The fourth-order valence-corrected chi connectivity index (χ4v) is 4.07. The number of halogens is 1. The average Bonchev–Trinajstić information content (AvgIpc) is 2.73. The third-order valence-electron chi connectivity index (χ3n) is 4.99. The van der Waals surface area contributed by atoms with Crippen molar-refractivity contribution >= 4 is 46.3 Å². The van der Waals surface area contributed by atoms with Gasteiger partial charge >= 0.3 is 5.97 Å². The summed E-state index contributed by atoms with van der Waals surface area (Å²) in [5.74, 6) is -0.597. The Bertz CT molecular complexity index is 1100. The summed E-state index contributed by atoms with van der Waals surface area (Å²) >= 11 is 12.0. The van der Waals surface area contributed by atoms with Gasteiger partial charge in [-0.3, -0.25) is 15.0 Å². The van der Waals surface area contributed by atoms with Gasteiger partial charge in [-0.2, -0.15) is 0 Å². The van der Waals surface area contributed by atoms with Gasteiger partial charge in [0, 0.05) is 41.2 Å². The van der Waals surface area contributed by atoms with E-state index in [1.165, 1.54) is 25.3 Å². The number of carbonyl (C=O) groups is 1. The molecule has 1 atom stereocenters. The van der Waals surface area contributed by atoms with E-state index in [9.17, 15) is 14.9 Å². The number of benzene rings is 2. The number of nitrogens with zero attached hydrogens (tertiary/aromatic N) is 2. The predicted octanol–water partition coefficient (Wildman–Crippen LogP) is 4.46. The van der Waals surface area contributed by atoms with Crippen LogP contribution in [-0.4, -0.2) is 36.3 Å². The molecule has 32 heavy (non-hydrogen) atoms. The van der Waals surface area contributed by atoms with Gasteiger partial charge < -0.3 is 14.8 Å². The Morgan fingerprint density at radius 3 is 2.66 bits per heavy atom. The molecule has 1 unspecified atom stereocenters. The van der Waals surface area contributed by atoms with Crippen molar-refractivity contribution < 1.29 is 19.2 Å². The first-order valence-corrected chi connectivity index (χ1v) is 10.5. The van der Waals surface area contributed by atoms with E-state index >= 15 is 0 Å². The lowest BCUT2D eigenvalue weighted by Crippen LogP contribution is -2.48. The molecule has 1 aliphatic rings. The van der Waals surface area contributed by atoms with E-state index in [1.54, 1.807) is 11.8 Å². The van der Waals surface area contributed by atoms with Crippen LogP contribution in [0, 0.1) is 17.0 Å². The normalized spacial score (nSPS) is 16.1. The third kappa shape index (κ3) is 4.90. The van der Waals surface area contributed by atoms with Crippen LogP contribution in [0.5, 0.6) is 0 Å². The lowest BCUT2D eigenvalue weighted by molar-refractivity contribution is -0.384. The highest BCUT2D eigenvalue weighted by molar-refractivity contribution is 7.80. The van der Waals surface area contributed by atoms with Crippen molar-refractivity contribution in [2.75, 3.05) is 25.2 Å². The van der Waals surface area contributed by atoms with Gasteiger partial charge in [0.05, 0.1) is 23.1 Å². The van der Waals surface area contributed by atoms with Crippen LogP contribution < -0.4 is 10.2 Å². The predicted molar refractivity (Wildman–Crippen MR) is 126 cm³/mol. The molecule has 168 valence electrons. The average molecular weight is 476 g/mol. The number of hydrogen-bond donors (Lipinski definition) is 1. The van der Waals surface area contributed by atoms with Crippen molar-refractivity contribution in [1.29, 1.82) is 0 Å². The quantitative estimate of drug-likeness (QED) is 0.206. The van der Waals surface area contributed by atoms with Crippen LogP contribution in [0.1, 0.15) is 24.1 Å². The molecule has 0 aromatic heterocycles. The molecule has 0 bridgehead atoms. The lowest BCUT2D eigenvalue weighted by Gasteiger charge is -2.37. The molecule has 1 heterocycles. The molecular formula is C22H22ClN3O5S. The van der Waals surface area contributed by atoms with Gasteiger partial charge in [0.1, 0.15) is 6.61 Å². The summed E-state index contributed by atoms with van der Waals surface area (Å²) in [6, 6.07) is 10.9. The standard InChI is InChI=1S/C22H22ClN3O5S/c1-13-5-4-6-15(11-13)25-14(2)19(21(27)31-10-9-30-3)20(24-22(25)32)17-12-16(26(28)29)7-8-18(17)23/h4-8,11-12,20H,9-10H2,1-3H3,(H,24,32). The van der Waals surface area contributed by atoms with E-state index in [-0.39, 0.29) is 29.5 Å². The van der Waals surface area contributed by atoms with Crippen molar-refractivity contribution in [2.24, 2.45) is 0 Å². The number of non-ortho nitro benzene ring substituents is 1. The van der Waals surface area contributed by atoms with Crippen LogP contribution >= 0.6 is 23.8 Å². The number of ether oxygens (including phenoxy) is 2. The summed E-state index contributed by atoms with van der Waals surface area (Å²) in [5.41, 5.74) is 2.78. The number of esters is 1. The Labute approximate surface area is 195 Å². The van der Waals surface area contributed by atoms with Crippen molar-refractivity contribution in [3.8, 4) is 0 Å². The van der Waals surface area contributed by atoms with Crippen LogP contribution in [0.3, 0.4) is 0 Å². The monoisotopic (exact) mass is 475 g/mol. The molecule has 1 N–H and O–H groups in total. The van der Waals surface area contributed by atoms with Crippen LogP contribution in [0.4, 0.5) is 11.4 Å². The van der Waals surface area contributed by atoms with E-state index in [4.69, 9.17) is 33.3 Å². The third-order valence-corrected chi connectivity index (χ3v) is 5.63. The Morgan fingerprint density at radius 1 is 1.25 bits per heavy atom. The van der Waals surface area contributed by atoms with Gasteiger partial charge in [-0.1, -0.05) is 23.7 Å². The molecule has 8 nitrogen and oxygen atoms in total. The molecule has 0 spiro atoms.